The van der Waals surface area contributed by atoms with Crippen molar-refractivity contribution < 1.29 is 9.90 Å². The first kappa shape index (κ1) is 12.0. The van der Waals surface area contributed by atoms with E-state index in [2.05, 4.69) is 5.32 Å². The van der Waals surface area contributed by atoms with E-state index in [9.17, 15) is 4.79 Å². The van der Waals surface area contributed by atoms with Crippen LogP contribution < -0.4 is 11.1 Å². The van der Waals surface area contributed by atoms with Crippen LogP contribution in [0.15, 0.2) is 48.5 Å². The van der Waals surface area contributed by atoms with E-state index in [1.54, 1.807) is 12.1 Å². The molecule has 0 bridgehead atoms. The van der Waals surface area contributed by atoms with Gasteiger partial charge in [0.25, 0.3) is 0 Å². The standard InChI is InChI=1S/C14H14N2O2/c15-11-6-7-12(14(17)18)13(8-11)16-9-10-4-2-1-3-5-10/h1-8,16H,9,15H2,(H,17,18). The molecule has 0 atom stereocenters. The summed E-state index contributed by atoms with van der Waals surface area (Å²) in [7, 11) is 0. The van der Waals surface area contributed by atoms with Crippen molar-refractivity contribution in [3.8, 4) is 0 Å². The highest BCUT2D eigenvalue weighted by Gasteiger charge is 2.09. The molecule has 18 heavy (non-hydrogen) atoms. The van der Waals surface area contributed by atoms with E-state index < -0.39 is 5.97 Å². The van der Waals surface area contributed by atoms with Gasteiger partial charge < -0.3 is 16.2 Å². The number of carboxylic acid groups (broad SMARTS) is 1. The molecular weight excluding hydrogens is 228 g/mol. The fourth-order valence-corrected chi connectivity index (χ4v) is 1.69. The molecule has 0 spiro atoms. The van der Waals surface area contributed by atoms with Crippen molar-refractivity contribution in [1.29, 1.82) is 0 Å². The van der Waals surface area contributed by atoms with E-state index in [0.29, 0.717) is 17.9 Å². The van der Waals surface area contributed by atoms with E-state index in [1.165, 1.54) is 6.07 Å². The number of aromatic carboxylic acids is 1. The molecule has 4 nitrogen and oxygen atoms in total. The van der Waals surface area contributed by atoms with Crippen molar-refractivity contribution in [2.45, 2.75) is 6.54 Å². The molecule has 0 unspecified atom stereocenters. The van der Waals surface area contributed by atoms with Crippen molar-refractivity contribution in [1.82, 2.24) is 0 Å². The van der Waals surface area contributed by atoms with Crippen LogP contribution in [0.5, 0.6) is 0 Å². The van der Waals surface area contributed by atoms with Gasteiger partial charge in [-0.25, -0.2) is 4.79 Å². The number of nitrogens with one attached hydrogen (secondary N) is 1. The first-order valence-electron chi connectivity index (χ1n) is 5.57. The fourth-order valence-electron chi connectivity index (χ4n) is 1.69. The molecule has 0 radical (unpaired) electrons. The number of carboxylic acids is 1. The summed E-state index contributed by atoms with van der Waals surface area (Å²) in [6.07, 6.45) is 0. The van der Waals surface area contributed by atoms with Gasteiger partial charge in [0.05, 0.1) is 11.3 Å². The normalized spacial score (nSPS) is 10.0. The summed E-state index contributed by atoms with van der Waals surface area (Å²) in [4.78, 5) is 11.1. The second-order valence-electron chi connectivity index (χ2n) is 3.95. The van der Waals surface area contributed by atoms with Gasteiger partial charge in [-0.05, 0) is 23.8 Å². The number of nitrogen functional groups attached to an aromatic ring is 1. The maximum atomic E-state index is 11.1. The second-order valence-corrected chi connectivity index (χ2v) is 3.95. The van der Waals surface area contributed by atoms with Gasteiger partial charge in [0, 0.05) is 12.2 Å². The predicted molar refractivity (Wildman–Crippen MR) is 71.6 cm³/mol. The molecule has 4 N–H and O–H groups in total. The number of rotatable bonds is 4. The molecule has 0 heterocycles. The van der Waals surface area contributed by atoms with E-state index >= 15 is 0 Å². The molecule has 2 aromatic rings. The lowest BCUT2D eigenvalue weighted by molar-refractivity contribution is 0.0698. The summed E-state index contributed by atoms with van der Waals surface area (Å²) >= 11 is 0. The van der Waals surface area contributed by atoms with Gasteiger partial charge in [0.15, 0.2) is 0 Å². The minimum absolute atomic E-state index is 0.222. The van der Waals surface area contributed by atoms with E-state index in [-0.39, 0.29) is 5.56 Å². The van der Waals surface area contributed by atoms with Gasteiger partial charge in [-0.1, -0.05) is 30.3 Å². The van der Waals surface area contributed by atoms with Crippen LogP contribution in [-0.2, 0) is 6.54 Å². The number of nitrogens with two attached hydrogens (primary N) is 1. The lowest BCUT2D eigenvalue weighted by atomic mass is 10.1. The van der Waals surface area contributed by atoms with Gasteiger partial charge in [-0.3, -0.25) is 0 Å². The Hall–Kier alpha value is -2.49. The summed E-state index contributed by atoms with van der Waals surface area (Å²) in [5.74, 6) is -0.967. The Morgan fingerprint density at radius 1 is 1.17 bits per heavy atom. The molecule has 4 heteroatoms. The lowest BCUT2D eigenvalue weighted by Gasteiger charge is -2.10. The summed E-state index contributed by atoms with van der Waals surface area (Å²) in [5, 5.41) is 12.2. The van der Waals surface area contributed by atoms with Gasteiger partial charge in [0.2, 0.25) is 0 Å². The number of hydrogen-bond acceptors (Lipinski definition) is 3. The van der Waals surface area contributed by atoms with E-state index in [4.69, 9.17) is 10.8 Å². The molecule has 2 rings (SSSR count). The van der Waals surface area contributed by atoms with Crippen LogP contribution in [0.4, 0.5) is 11.4 Å². The summed E-state index contributed by atoms with van der Waals surface area (Å²) in [5.41, 5.74) is 8.04. The molecule has 0 aliphatic rings. The number of carbonyl (C=O) groups is 1. The Balaban J connectivity index is 2.18. The first-order valence-corrected chi connectivity index (χ1v) is 5.57. The quantitative estimate of drug-likeness (QED) is 0.720. The topological polar surface area (TPSA) is 75.4 Å². The Morgan fingerprint density at radius 3 is 2.56 bits per heavy atom. The minimum Gasteiger partial charge on any atom is -0.478 e. The van der Waals surface area contributed by atoms with Crippen LogP contribution in [0.2, 0.25) is 0 Å². The minimum atomic E-state index is -0.967. The Kier molecular flexibility index (Phi) is 3.48. The number of hydrogen-bond donors (Lipinski definition) is 3. The molecule has 0 amide bonds. The largest absolute Gasteiger partial charge is 0.478 e. The lowest BCUT2D eigenvalue weighted by Crippen LogP contribution is -2.07. The van der Waals surface area contributed by atoms with E-state index in [1.807, 2.05) is 30.3 Å². The summed E-state index contributed by atoms with van der Waals surface area (Å²) in [6.45, 7) is 0.560. The van der Waals surface area contributed by atoms with Crippen LogP contribution in [0.3, 0.4) is 0 Å². The average molecular weight is 242 g/mol. The molecule has 0 fully saturated rings. The third kappa shape index (κ3) is 2.79. The van der Waals surface area contributed by atoms with Gasteiger partial charge in [-0.2, -0.15) is 0 Å². The van der Waals surface area contributed by atoms with Crippen molar-refractivity contribution in [3.05, 3.63) is 59.7 Å². The highest BCUT2D eigenvalue weighted by Crippen LogP contribution is 2.20. The van der Waals surface area contributed by atoms with Crippen molar-refractivity contribution >= 4 is 17.3 Å². The zero-order valence-electron chi connectivity index (χ0n) is 9.76. The van der Waals surface area contributed by atoms with Crippen molar-refractivity contribution in [3.63, 3.8) is 0 Å². The Bertz CT molecular complexity index is 553. The van der Waals surface area contributed by atoms with Crippen LogP contribution in [0.25, 0.3) is 0 Å². The van der Waals surface area contributed by atoms with Crippen LogP contribution >= 0.6 is 0 Å². The highest BCUT2D eigenvalue weighted by molar-refractivity contribution is 5.95. The van der Waals surface area contributed by atoms with Crippen molar-refractivity contribution in [2.75, 3.05) is 11.1 Å². The third-order valence-corrected chi connectivity index (χ3v) is 2.60. The van der Waals surface area contributed by atoms with Crippen LogP contribution in [0, 0.1) is 0 Å². The number of benzene rings is 2. The molecule has 0 saturated heterocycles. The third-order valence-electron chi connectivity index (χ3n) is 2.60. The van der Waals surface area contributed by atoms with E-state index in [0.717, 1.165) is 5.56 Å². The zero-order valence-corrected chi connectivity index (χ0v) is 9.76. The molecule has 0 saturated carbocycles. The molecule has 0 aliphatic heterocycles. The van der Waals surface area contributed by atoms with Gasteiger partial charge in [-0.15, -0.1) is 0 Å². The average Bonchev–Trinajstić information content (AvgIpc) is 2.37. The molecular formula is C14H14N2O2. The van der Waals surface area contributed by atoms with Crippen molar-refractivity contribution in [2.24, 2.45) is 0 Å². The molecule has 2 aromatic carbocycles. The molecule has 92 valence electrons. The van der Waals surface area contributed by atoms with Gasteiger partial charge >= 0.3 is 5.97 Å². The second kappa shape index (κ2) is 5.23. The maximum absolute atomic E-state index is 11.1. The summed E-state index contributed by atoms with van der Waals surface area (Å²) < 4.78 is 0. The van der Waals surface area contributed by atoms with Crippen LogP contribution in [0.1, 0.15) is 15.9 Å². The first-order chi connectivity index (χ1) is 8.66. The Labute approximate surface area is 105 Å². The maximum Gasteiger partial charge on any atom is 0.337 e. The SMILES string of the molecule is Nc1ccc(C(=O)O)c(NCc2ccccc2)c1. The monoisotopic (exact) mass is 242 g/mol. The predicted octanol–water partition coefficient (Wildman–Crippen LogP) is 2.58. The highest BCUT2D eigenvalue weighted by atomic mass is 16.4. The van der Waals surface area contributed by atoms with Crippen LogP contribution in [-0.4, -0.2) is 11.1 Å². The molecule has 0 aliphatic carbocycles. The fraction of sp³-hybridized carbons (Fsp3) is 0.0714. The number of anilines is 2. The zero-order chi connectivity index (χ0) is 13.0. The molecule has 0 aromatic heterocycles. The summed E-state index contributed by atoms with van der Waals surface area (Å²) in [6, 6.07) is 14.5. The smallest absolute Gasteiger partial charge is 0.337 e. The Morgan fingerprint density at radius 2 is 1.89 bits per heavy atom. The van der Waals surface area contributed by atoms with Gasteiger partial charge in [0.1, 0.15) is 0 Å².